The summed E-state index contributed by atoms with van der Waals surface area (Å²) in [5.41, 5.74) is 0. The van der Waals surface area contributed by atoms with Gasteiger partial charge in [0.25, 0.3) is 0 Å². The van der Waals surface area contributed by atoms with E-state index in [2.05, 4.69) is 18.3 Å². The summed E-state index contributed by atoms with van der Waals surface area (Å²) >= 11 is 0. The molecule has 7 heavy (non-hydrogen) atoms. The third kappa shape index (κ3) is 6.10. The van der Waals surface area contributed by atoms with Crippen LogP contribution in [0.5, 0.6) is 0 Å². The summed E-state index contributed by atoms with van der Waals surface area (Å²) in [6, 6.07) is 0. The van der Waals surface area contributed by atoms with Gasteiger partial charge in [-0.1, -0.05) is 0 Å². The second-order valence-corrected chi connectivity index (χ2v) is 4.23. The van der Waals surface area contributed by atoms with Crippen LogP contribution in [0.25, 0.3) is 0 Å². The van der Waals surface area contributed by atoms with Crippen LogP contribution < -0.4 is 0 Å². The van der Waals surface area contributed by atoms with E-state index < -0.39 is 0 Å². The molecule has 0 aromatic rings. The first-order valence-electron chi connectivity index (χ1n) is 2.32. The van der Waals surface area contributed by atoms with Crippen LogP contribution in [0.2, 0.25) is 0 Å². The Morgan fingerprint density at radius 2 is 2.14 bits per heavy atom. The second kappa shape index (κ2) is 4.26. The van der Waals surface area contributed by atoms with Gasteiger partial charge in [0.1, 0.15) is 0 Å². The highest BCUT2D eigenvalue weighted by Crippen LogP contribution is 2.21. The van der Waals surface area contributed by atoms with E-state index in [1.165, 1.54) is 6.16 Å². The monoisotopic (exact) mass is 117 g/mol. The molecule has 0 rings (SSSR count). The number of nitrogens with zero attached hydrogens (tertiary/aromatic N) is 1. The molecular formula is C5H12NP. The smallest absolute Gasteiger partial charge is 0.0273 e. The largest absolute Gasteiger partial charge is 0.300 e. The summed E-state index contributed by atoms with van der Waals surface area (Å²) in [7, 11) is 2.06. The first kappa shape index (κ1) is 7.10. The van der Waals surface area contributed by atoms with Gasteiger partial charge < -0.3 is 4.99 Å². The molecule has 0 radical (unpaired) electrons. The molecule has 0 amide bonds. The van der Waals surface area contributed by atoms with Crippen molar-refractivity contribution in [2.75, 3.05) is 26.5 Å². The number of hydrogen-bond acceptors (Lipinski definition) is 1. The Bertz CT molecular complexity index is 59.1. The average Bonchev–Trinajstić information content (AvgIpc) is 1.61. The molecule has 0 aromatic carbocycles. The molecule has 0 aromatic heterocycles. The molecule has 0 fully saturated rings. The van der Waals surface area contributed by atoms with Crippen LogP contribution in [0.1, 0.15) is 0 Å². The summed E-state index contributed by atoms with van der Waals surface area (Å²) in [4.78, 5) is 3.87. The Morgan fingerprint density at radius 3 is 2.29 bits per heavy atom. The van der Waals surface area contributed by atoms with Crippen molar-refractivity contribution >= 4 is 14.1 Å². The molecule has 0 aliphatic rings. The molecule has 0 bridgehead atoms. The lowest BCUT2D eigenvalue weighted by Crippen LogP contribution is -1.79. The van der Waals surface area contributed by atoms with Gasteiger partial charge in [0.05, 0.1) is 0 Å². The lowest BCUT2D eigenvalue weighted by atomic mass is 10.9. The van der Waals surface area contributed by atoms with Crippen LogP contribution in [0.15, 0.2) is 4.99 Å². The highest BCUT2D eigenvalue weighted by Gasteiger charge is 1.83. The van der Waals surface area contributed by atoms with Gasteiger partial charge in [-0.15, -0.1) is 7.92 Å². The van der Waals surface area contributed by atoms with Crippen molar-refractivity contribution in [2.45, 2.75) is 0 Å². The zero-order chi connectivity index (χ0) is 5.70. The number of aliphatic imine (C=N–C) groups is 1. The van der Waals surface area contributed by atoms with Crippen LogP contribution in [-0.4, -0.2) is 32.8 Å². The van der Waals surface area contributed by atoms with E-state index in [0.29, 0.717) is 0 Å². The van der Waals surface area contributed by atoms with Crippen LogP contribution in [0.3, 0.4) is 0 Å². The van der Waals surface area contributed by atoms with Crippen molar-refractivity contribution in [2.24, 2.45) is 4.99 Å². The fourth-order valence-corrected chi connectivity index (χ4v) is 0.735. The zero-order valence-corrected chi connectivity index (χ0v) is 6.07. The maximum Gasteiger partial charge on any atom is 0.0273 e. The summed E-state index contributed by atoms with van der Waals surface area (Å²) in [6.45, 7) is 4.49. The Labute approximate surface area is 46.6 Å². The molecule has 0 saturated carbocycles. The molecule has 0 atom stereocenters. The lowest BCUT2D eigenvalue weighted by molar-refractivity contribution is 1.46. The maximum atomic E-state index is 3.87. The number of hydrogen-bond donors (Lipinski definition) is 0. The zero-order valence-electron chi connectivity index (χ0n) is 5.18. The predicted octanol–water partition coefficient (Wildman–Crippen LogP) is 1.43. The van der Waals surface area contributed by atoms with Crippen molar-refractivity contribution in [1.29, 1.82) is 0 Å². The molecule has 0 saturated heterocycles. The first-order valence-corrected chi connectivity index (χ1v) is 4.75. The standard InChI is InChI=1S/C5H12NP/c1-6-4-5-7(2)3/h4H,5H2,1-3H3. The fraction of sp³-hybridized carbons (Fsp3) is 0.800. The van der Waals surface area contributed by atoms with Crippen LogP contribution >= 0.6 is 7.92 Å². The topological polar surface area (TPSA) is 12.4 Å². The molecule has 2 heteroatoms. The van der Waals surface area contributed by atoms with Gasteiger partial charge in [-0.05, 0) is 13.3 Å². The summed E-state index contributed by atoms with van der Waals surface area (Å²) < 4.78 is 0. The van der Waals surface area contributed by atoms with E-state index in [1.807, 2.05) is 13.3 Å². The average molecular weight is 117 g/mol. The highest BCUT2D eigenvalue weighted by atomic mass is 31.1. The quantitative estimate of drug-likeness (QED) is 0.383. The second-order valence-electron chi connectivity index (χ2n) is 1.70. The lowest BCUT2D eigenvalue weighted by Gasteiger charge is -1.94. The minimum absolute atomic E-state index is 0.244. The van der Waals surface area contributed by atoms with E-state index in [9.17, 15) is 0 Å². The van der Waals surface area contributed by atoms with Gasteiger partial charge in [0.2, 0.25) is 0 Å². The Morgan fingerprint density at radius 1 is 1.57 bits per heavy atom. The van der Waals surface area contributed by atoms with E-state index in [1.54, 1.807) is 0 Å². The number of rotatable bonds is 2. The molecule has 0 heterocycles. The van der Waals surface area contributed by atoms with Crippen molar-refractivity contribution in [3.05, 3.63) is 0 Å². The molecule has 0 unspecified atom stereocenters. The van der Waals surface area contributed by atoms with E-state index in [4.69, 9.17) is 0 Å². The molecule has 0 spiro atoms. The van der Waals surface area contributed by atoms with Crippen LogP contribution in [0, 0.1) is 0 Å². The normalized spacial score (nSPS) is 11.4. The van der Waals surface area contributed by atoms with E-state index >= 15 is 0 Å². The third-order valence-electron chi connectivity index (χ3n) is 0.629. The molecule has 0 N–H and O–H groups in total. The van der Waals surface area contributed by atoms with E-state index in [0.717, 1.165) is 0 Å². The van der Waals surface area contributed by atoms with Gasteiger partial charge in [0.15, 0.2) is 0 Å². The van der Waals surface area contributed by atoms with Gasteiger partial charge in [-0.25, -0.2) is 0 Å². The maximum absolute atomic E-state index is 3.87. The van der Waals surface area contributed by atoms with Gasteiger partial charge in [-0.3, -0.25) is 0 Å². The summed E-state index contributed by atoms with van der Waals surface area (Å²) in [6.07, 6.45) is 3.15. The first-order chi connectivity index (χ1) is 3.27. The SMILES string of the molecule is CN=CCP(C)C. The Kier molecular flexibility index (Phi) is 4.32. The minimum Gasteiger partial charge on any atom is -0.300 e. The molecule has 42 valence electrons. The molecular weight excluding hydrogens is 105 g/mol. The fourth-order valence-electron chi connectivity index (χ4n) is 0.245. The van der Waals surface area contributed by atoms with Gasteiger partial charge in [-0.2, -0.15) is 0 Å². The van der Waals surface area contributed by atoms with Crippen LogP contribution in [0.4, 0.5) is 0 Å². The highest BCUT2D eigenvalue weighted by molar-refractivity contribution is 7.56. The molecule has 1 nitrogen and oxygen atoms in total. The summed E-state index contributed by atoms with van der Waals surface area (Å²) in [5, 5.41) is 0. The predicted molar refractivity (Wildman–Crippen MR) is 38.1 cm³/mol. The van der Waals surface area contributed by atoms with Gasteiger partial charge in [0, 0.05) is 19.4 Å². The van der Waals surface area contributed by atoms with Crippen molar-refractivity contribution in [3.8, 4) is 0 Å². The van der Waals surface area contributed by atoms with Crippen LogP contribution in [-0.2, 0) is 0 Å². The third-order valence-corrected chi connectivity index (χ3v) is 1.52. The van der Waals surface area contributed by atoms with E-state index in [-0.39, 0.29) is 7.92 Å². The molecule has 0 aliphatic heterocycles. The Hall–Kier alpha value is 0.100. The Balaban J connectivity index is 2.97. The molecule has 0 aliphatic carbocycles. The minimum atomic E-state index is 0.244. The van der Waals surface area contributed by atoms with Gasteiger partial charge >= 0.3 is 0 Å². The summed E-state index contributed by atoms with van der Waals surface area (Å²) in [5.74, 6) is 0. The van der Waals surface area contributed by atoms with Crippen molar-refractivity contribution in [1.82, 2.24) is 0 Å². The van der Waals surface area contributed by atoms with Crippen molar-refractivity contribution < 1.29 is 0 Å². The van der Waals surface area contributed by atoms with Crippen molar-refractivity contribution in [3.63, 3.8) is 0 Å².